The molecule has 1 heterocycles. The number of benzene rings is 1. The molecule has 0 saturated heterocycles. The van der Waals surface area contributed by atoms with E-state index in [-0.39, 0.29) is 24.0 Å². The van der Waals surface area contributed by atoms with Crippen molar-refractivity contribution in [3.63, 3.8) is 0 Å². The van der Waals surface area contributed by atoms with E-state index in [2.05, 4.69) is 15.5 Å². The molecule has 0 aliphatic carbocycles. The summed E-state index contributed by atoms with van der Waals surface area (Å²) in [6.07, 6.45) is 0. The van der Waals surface area contributed by atoms with Crippen LogP contribution in [0.3, 0.4) is 0 Å². The third-order valence-corrected chi connectivity index (χ3v) is 5.01. The number of H-pyrrole nitrogens is 1. The molecular formula is C15H19N3O3S. The summed E-state index contributed by atoms with van der Waals surface area (Å²) in [4.78, 5) is 11.9. The number of hydrogen-bond donors (Lipinski definition) is 2. The zero-order valence-electron chi connectivity index (χ0n) is 12.6. The van der Waals surface area contributed by atoms with Gasteiger partial charge in [-0.25, -0.2) is 8.42 Å². The third-order valence-electron chi connectivity index (χ3n) is 3.31. The van der Waals surface area contributed by atoms with Gasteiger partial charge in [0.15, 0.2) is 9.84 Å². The zero-order valence-corrected chi connectivity index (χ0v) is 13.4. The normalized spacial score (nSPS) is 11.4. The van der Waals surface area contributed by atoms with Gasteiger partial charge in [0.05, 0.1) is 11.4 Å². The first kappa shape index (κ1) is 16.2. The van der Waals surface area contributed by atoms with E-state index in [1.165, 1.54) is 0 Å². The quantitative estimate of drug-likeness (QED) is 0.844. The van der Waals surface area contributed by atoms with Gasteiger partial charge in [-0.3, -0.25) is 9.89 Å². The molecule has 2 N–H and O–H groups in total. The van der Waals surface area contributed by atoms with Crippen molar-refractivity contribution in [2.45, 2.75) is 13.8 Å². The Hall–Kier alpha value is -2.15. The summed E-state index contributed by atoms with van der Waals surface area (Å²) >= 11 is 0. The van der Waals surface area contributed by atoms with Gasteiger partial charge in [-0.15, -0.1) is 0 Å². The van der Waals surface area contributed by atoms with Crippen LogP contribution >= 0.6 is 0 Å². The van der Waals surface area contributed by atoms with Crippen molar-refractivity contribution in [3.05, 3.63) is 41.6 Å². The molecule has 0 atom stereocenters. The minimum absolute atomic E-state index is 0.0613. The molecule has 22 heavy (non-hydrogen) atoms. The monoisotopic (exact) mass is 321 g/mol. The third kappa shape index (κ3) is 4.17. The number of amides is 1. The van der Waals surface area contributed by atoms with Crippen LogP contribution in [0.5, 0.6) is 0 Å². The Bertz CT molecular complexity index is 749. The summed E-state index contributed by atoms with van der Waals surface area (Å²) in [7, 11) is -3.08. The second kappa shape index (κ2) is 6.74. The number of hydrogen-bond acceptors (Lipinski definition) is 4. The van der Waals surface area contributed by atoms with Crippen molar-refractivity contribution in [2.24, 2.45) is 0 Å². The molecule has 6 nitrogen and oxygen atoms in total. The van der Waals surface area contributed by atoms with Crippen molar-refractivity contribution in [3.8, 4) is 11.3 Å². The van der Waals surface area contributed by atoms with E-state index in [0.717, 1.165) is 11.1 Å². The molecule has 0 spiro atoms. The minimum Gasteiger partial charge on any atom is -0.350 e. The van der Waals surface area contributed by atoms with Crippen LogP contribution in [0.25, 0.3) is 11.3 Å². The van der Waals surface area contributed by atoms with Gasteiger partial charge in [0.25, 0.3) is 5.91 Å². The van der Waals surface area contributed by atoms with E-state index in [9.17, 15) is 13.2 Å². The molecular weight excluding hydrogens is 302 g/mol. The summed E-state index contributed by atoms with van der Waals surface area (Å²) in [6.45, 7) is 3.67. The fraction of sp³-hybridized carbons (Fsp3) is 0.333. The highest BCUT2D eigenvalue weighted by molar-refractivity contribution is 7.91. The van der Waals surface area contributed by atoms with Crippen molar-refractivity contribution in [1.29, 1.82) is 0 Å². The molecule has 1 aromatic carbocycles. The fourth-order valence-corrected chi connectivity index (χ4v) is 2.57. The minimum atomic E-state index is -3.08. The molecule has 0 aliphatic heterocycles. The van der Waals surface area contributed by atoms with Gasteiger partial charge < -0.3 is 5.32 Å². The number of carbonyl (C=O) groups excluding carboxylic acids is 1. The molecule has 0 fully saturated rings. The van der Waals surface area contributed by atoms with Gasteiger partial charge in [0, 0.05) is 17.9 Å². The van der Waals surface area contributed by atoms with E-state index in [1.807, 2.05) is 31.2 Å². The summed E-state index contributed by atoms with van der Waals surface area (Å²) in [6, 6.07) is 9.45. The Kier molecular flexibility index (Phi) is 4.97. The van der Waals surface area contributed by atoms with Gasteiger partial charge >= 0.3 is 0 Å². The summed E-state index contributed by atoms with van der Waals surface area (Å²) in [5.41, 5.74) is 3.04. The van der Waals surface area contributed by atoms with Crippen LogP contribution in [0.1, 0.15) is 23.0 Å². The SMILES string of the molecule is CCS(=O)(=O)CCNC(=O)c1cc(-c2ccc(C)cc2)n[nH]1. The number of carbonyl (C=O) groups is 1. The number of sulfone groups is 1. The predicted octanol–water partition coefficient (Wildman–Crippen LogP) is 1.55. The number of aromatic nitrogens is 2. The van der Waals surface area contributed by atoms with Gasteiger partial charge in [-0.2, -0.15) is 5.10 Å². The fourth-order valence-electron chi connectivity index (χ4n) is 1.87. The summed E-state index contributed by atoms with van der Waals surface area (Å²) < 4.78 is 22.7. The molecule has 2 rings (SSSR count). The average Bonchev–Trinajstić information content (AvgIpc) is 2.97. The van der Waals surface area contributed by atoms with Crippen LogP contribution in [0, 0.1) is 6.92 Å². The smallest absolute Gasteiger partial charge is 0.269 e. The molecule has 0 aliphatic rings. The Balaban J connectivity index is 1.99. The Labute approximate surface area is 129 Å². The maximum absolute atomic E-state index is 11.9. The summed E-state index contributed by atoms with van der Waals surface area (Å²) in [5, 5.41) is 9.35. The summed E-state index contributed by atoms with van der Waals surface area (Å²) in [5.74, 6) is -0.351. The highest BCUT2D eigenvalue weighted by Crippen LogP contribution is 2.18. The van der Waals surface area contributed by atoms with E-state index < -0.39 is 9.84 Å². The maximum Gasteiger partial charge on any atom is 0.269 e. The molecule has 2 aromatic rings. The van der Waals surface area contributed by atoms with Crippen LogP contribution in [0.2, 0.25) is 0 Å². The number of rotatable bonds is 6. The van der Waals surface area contributed by atoms with E-state index in [1.54, 1.807) is 13.0 Å². The zero-order chi connectivity index (χ0) is 16.2. The lowest BCUT2D eigenvalue weighted by Gasteiger charge is -2.03. The van der Waals surface area contributed by atoms with Crippen LogP contribution in [-0.4, -0.2) is 42.6 Å². The number of nitrogens with one attached hydrogen (secondary N) is 2. The van der Waals surface area contributed by atoms with Gasteiger partial charge in [-0.1, -0.05) is 36.8 Å². The van der Waals surface area contributed by atoms with Gasteiger partial charge in [0.2, 0.25) is 0 Å². The molecule has 1 amide bonds. The lowest BCUT2D eigenvalue weighted by atomic mass is 10.1. The van der Waals surface area contributed by atoms with Crippen LogP contribution in [0.15, 0.2) is 30.3 Å². The molecule has 0 saturated carbocycles. The van der Waals surface area contributed by atoms with Crippen LogP contribution < -0.4 is 5.32 Å². The van der Waals surface area contributed by atoms with Crippen molar-refractivity contribution in [2.75, 3.05) is 18.1 Å². The molecule has 0 radical (unpaired) electrons. The Morgan fingerprint density at radius 1 is 1.27 bits per heavy atom. The molecule has 0 bridgehead atoms. The lowest BCUT2D eigenvalue weighted by Crippen LogP contribution is -2.29. The van der Waals surface area contributed by atoms with Crippen molar-refractivity contribution >= 4 is 15.7 Å². The molecule has 1 aromatic heterocycles. The van der Waals surface area contributed by atoms with Gasteiger partial charge in [0.1, 0.15) is 5.69 Å². The maximum atomic E-state index is 11.9. The van der Waals surface area contributed by atoms with Crippen molar-refractivity contribution < 1.29 is 13.2 Å². The number of aryl methyl sites for hydroxylation is 1. The van der Waals surface area contributed by atoms with E-state index in [4.69, 9.17) is 0 Å². The number of aromatic amines is 1. The Morgan fingerprint density at radius 3 is 2.59 bits per heavy atom. The second-order valence-corrected chi connectivity index (χ2v) is 7.50. The van der Waals surface area contributed by atoms with Gasteiger partial charge in [-0.05, 0) is 13.0 Å². The highest BCUT2D eigenvalue weighted by Gasteiger charge is 2.12. The first-order valence-electron chi connectivity index (χ1n) is 7.02. The lowest BCUT2D eigenvalue weighted by molar-refractivity contribution is 0.0951. The molecule has 7 heteroatoms. The Morgan fingerprint density at radius 2 is 1.95 bits per heavy atom. The first-order chi connectivity index (χ1) is 10.4. The van der Waals surface area contributed by atoms with E-state index >= 15 is 0 Å². The number of nitrogens with zero attached hydrogens (tertiary/aromatic N) is 1. The van der Waals surface area contributed by atoms with Crippen LogP contribution in [0.4, 0.5) is 0 Å². The van der Waals surface area contributed by atoms with Crippen LogP contribution in [-0.2, 0) is 9.84 Å². The van der Waals surface area contributed by atoms with E-state index in [0.29, 0.717) is 11.4 Å². The predicted molar refractivity (Wildman–Crippen MR) is 85.4 cm³/mol. The topological polar surface area (TPSA) is 91.9 Å². The largest absolute Gasteiger partial charge is 0.350 e. The molecule has 118 valence electrons. The molecule has 0 unspecified atom stereocenters. The average molecular weight is 321 g/mol. The first-order valence-corrected chi connectivity index (χ1v) is 8.84. The second-order valence-electron chi connectivity index (χ2n) is 5.03. The van der Waals surface area contributed by atoms with Crippen molar-refractivity contribution in [1.82, 2.24) is 15.5 Å². The standard InChI is InChI=1S/C15H19N3O3S/c1-3-22(20,21)9-8-16-15(19)14-10-13(17-18-14)12-6-4-11(2)5-7-12/h4-7,10H,3,8-9H2,1-2H3,(H,16,19)(H,17,18). The highest BCUT2D eigenvalue weighted by atomic mass is 32.2.